The zero-order chi connectivity index (χ0) is 11.5. The predicted octanol–water partition coefficient (Wildman–Crippen LogP) is 2.91. The monoisotopic (exact) mass is 213 g/mol. The van der Waals surface area contributed by atoms with Gasteiger partial charge in [-0.25, -0.2) is 0 Å². The number of hydrogen-bond acceptors (Lipinski definition) is 2. The molecule has 1 aliphatic carbocycles. The number of carbonyl (C=O) groups is 1. The number of carbonyl (C=O) groups excluding carboxylic acids is 1. The molecule has 0 bridgehead atoms. The first-order chi connectivity index (χ1) is 7.74. The Morgan fingerprint density at radius 2 is 2.00 bits per heavy atom. The van der Waals surface area contributed by atoms with Crippen LogP contribution in [0.15, 0.2) is 30.3 Å². The first-order valence-corrected chi connectivity index (χ1v) is 5.72. The zero-order valence-electron chi connectivity index (χ0n) is 9.39. The van der Waals surface area contributed by atoms with Crippen LogP contribution < -0.4 is 0 Å². The largest absolute Gasteiger partial charge is 0.298 e. The second-order valence-electron chi connectivity index (χ2n) is 4.50. The van der Waals surface area contributed by atoms with E-state index in [4.69, 9.17) is 5.26 Å². The molecule has 1 aromatic rings. The summed E-state index contributed by atoms with van der Waals surface area (Å²) >= 11 is 0. The molecule has 0 aliphatic heterocycles. The highest BCUT2D eigenvalue weighted by molar-refractivity contribution is 5.90. The first kappa shape index (κ1) is 10.9. The fourth-order valence-electron chi connectivity index (χ4n) is 2.04. The van der Waals surface area contributed by atoms with Gasteiger partial charge in [-0.2, -0.15) is 5.26 Å². The Morgan fingerprint density at radius 3 is 2.50 bits per heavy atom. The Bertz CT molecular complexity index is 414. The summed E-state index contributed by atoms with van der Waals surface area (Å²) in [5.74, 6) is 0.0462. The molecule has 1 aromatic carbocycles. The van der Waals surface area contributed by atoms with Crippen LogP contribution in [-0.2, 0) is 4.79 Å². The van der Waals surface area contributed by atoms with E-state index in [-0.39, 0.29) is 11.7 Å². The average molecular weight is 213 g/mol. The average Bonchev–Trinajstić information content (AvgIpc) is 3.14. The normalized spacial score (nSPS) is 18.5. The molecule has 2 heteroatoms. The summed E-state index contributed by atoms with van der Waals surface area (Å²) in [5, 5.41) is 9.13. The lowest BCUT2D eigenvalue weighted by molar-refractivity contribution is -0.123. The van der Waals surface area contributed by atoms with Crippen LogP contribution in [0.2, 0.25) is 0 Å². The molecule has 2 unspecified atom stereocenters. The summed E-state index contributed by atoms with van der Waals surface area (Å²) in [7, 11) is 0. The van der Waals surface area contributed by atoms with Crippen molar-refractivity contribution in [1.29, 1.82) is 5.26 Å². The lowest BCUT2D eigenvalue weighted by Gasteiger charge is -2.13. The third kappa shape index (κ3) is 2.14. The number of nitriles is 1. The Balaban J connectivity index is 2.17. The minimum atomic E-state index is -0.586. The summed E-state index contributed by atoms with van der Waals surface area (Å²) in [6.45, 7) is 1.95. The van der Waals surface area contributed by atoms with Crippen LogP contribution in [0.4, 0.5) is 0 Å². The van der Waals surface area contributed by atoms with Crippen LogP contribution in [0.1, 0.15) is 31.2 Å². The molecular weight excluding hydrogens is 198 g/mol. The van der Waals surface area contributed by atoms with Crippen molar-refractivity contribution in [3.8, 4) is 6.07 Å². The smallest absolute Gasteiger partial charge is 0.157 e. The van der Waals surface area contributed by atoms with E-state index >= 15 is 0 Å². The summed E-state index contributed by atoms with van der Waals surface area (Å²) in [6.07, 6.45) is 2.28. The standard InChI is InChI=1S/C14H15NO/c1-10(11-7-8-11)14(16)13(9-15)12-5-3-2-4-6-12/h2-6,10-11,13H,7-8H2,1H3. The van der Waals surface area contributed by atoms with E-state index < -0.39 is 5.92 Å². The van der Waals surface area contributed by atoms with Gasteiger partial charge in [0.15, 0.2) is 5.78 Å². The van der Waals surface area contributed by atoms with Gasteiger partial charge >= 0.3 is 0 Å². The van der Waals surface area contributed by atoms with Crippen molar-refractivity contribution in [2.45, 2.75) is 25.7 Å². The van der Waals surface area contributed by atoms with Crippen molar-refractivity contribution in [3.05, 3.63) is 35.9 Å². The highest BCUT2D eigenvalue weighted by Crippen LogP contribution is 2.39. The van der Waals surface area contributed by atoms with E-state index in [1.54, 1.807) is 0 Å². The maximum Gasteiger partial charge on any atom is 0.157 e. The molecule has 16 heavy (non-hydrogen) atoms. The Labute approximate surface area is 95.9 Å². The van der Waals surface area contributed by atoms with Gasteiger partial charge in [0.05, 0.1) is 6.07 Å². The van der Waals surface area contributed by atoms with Gasteiger partial charge in [0.2, 0.25) is 0 Å². The van der Waals surface area contributed by atoms with E-state index in [1.807, 2.05) is 37.3 Å². The molecule has 0 spiro atoms. The Hall–Kier alpha value is -1.62. The van der Waals surface area contributed by atoms with Crippen molar-refractivity contribution in [2.24, 2.45) is 11.8 Å². The number of ketones is 1. The number of Topliss-reactive ketones (excluding diaryl/α,β-unsaturated/α-hetero) is 1. The zero-order valence-corrected chi connectivity index (χ0v) is 9.39. The Kier molecular flexibility index (Phi) is 3.05. The van der Waals surface area contributed by atoms with Crippen molar-refractivity contribution >= 4 is 5.78 Å². The third-order valence-corrected chi connectivity index (χ3v) is 3.32. The van der Waals surface area contributed by atoms with Gasteiger partial charge in [0.25, 0.3) is 0 Å². The van der Waals surface area contributed by atoms with E-state index in [2.05, 4.69) is 6.07 Å². The van der Waals surface area contributed by atoms with Gasteiger partial charge in [0.1, 0.15) is 5.92 Å². The minimum absolute atomic E-state index is 0.0323. The molecule has 2 rings (SSSR count). The summed E-state index contributed by atoms with van der Waals surface area (Å²) in [5.41, 5.74) is 0.822. The summed E-state index contributed by atoms with van der Waals surface area (Å²) in [4.78, 5) is 12.1. The molecule has 2 nitrogen and oxygen atoms in total. The van der Waals surface area contributed by atoms with E-state index in [9.17, 15) is 4.79 Å². The number of rotatable bonds is 4. The number of benzene rings is 1. The highest BCUT2D eigenvalue weighted by Gasteiger charge is 2.36. The second kappa shape index (κ2) is 4.49. The van der Waals surface area contributed by atoms with Crippen molar-refractivity contribution in [2.75, 3.05) is 0 Å². The molecular formula is C14H15NO. The molecule has 1 fully saturated rings. The van der Waals surface area contributed by atoms with Crippen LogP contribution in [0.25, 0.3) is 0 Å². The molecule has 0 N–H and O–H groups in total. The summed E-state index contributed by atoms with van der Waals surface area (Å²) in [6, 6.07) is 11.5. The number of hydrogen-bond donors (Lipinski definition) is 0. The molecule has 1 aliphatic rings. The lowest BCUT2D eigenvalue weighted by Crippen LogP contribution is -2.20. The van der Waals surface area contributed by atoms with Gasteiger partial charge in [-0.05, 0) is 24.3 Å². The minimum Gasteiger partial charge on any atom is -0.298 e. The topological polar surface area (TPSA) is 40.9 Å². The Morgan fingerprint density at radius 1 is 1.38 bits per heavy atom. The maximum absolute atomic E-state index is 12.1. The third-order valence-electron chi connectivity index (χ3n) is 3.32. The van der Waals surface area contributed by atoms with Crippen LogP contribution in [0, 0.1) is 23.2 Å². The maximum atomic E-state index is 12.1. The van der Waals surface area contributed by atoms with Gasteiger partial charge in [0, 0.05) is 5.92 Å². The van der Waals surface area contributed by atoms with Crippen molar-refractivity contribution in [1.82, 2.24) is 0 Å². The molecule has 82 valence electrons. The van der Waals surface area contributed by atoms with Crippen LogP contribution in [0.5, 0.6) is 0 Å². The summed E-state index contributed by atoms with van der Waals surface area (Å²) < 4.78 is 0. The van der Waals surface area contributed by atoms with Gasteiger partial charge in [-0.3, -0.25) is 4.79 Å². The molecule has 2 atom stereocenters. The van der Waals surface area contributed by atoms with Gasteiger partial charge in [-0.15, -0.1) is 0 Å². The van der Waals surface area contributed by atoms with Crippen molar-refractivity contribution in [3.63, 3.8) is 0 Å². The predicted molar refractivity (Wildman–Crippen MR) is 61.7 cm³/mol. The quantitative estimate of drug-likeness (QED) is 0.771. The van der Waals surface area contributed by atoms with Gasteiger partial charge in [-0.1, -0.05) is 37.3 Å². The molecule has 0 amide bonds. The number of nitrogens with zero attached hydrogens (tertiary/aromatic N) is 1. The van der Waals surface area contributed by atoms with Crippen molar-refractivity contribution < 1.29 is 4.79 Å². The molecule has 0 radical (unpaired) electrons. The fourth-order valence-corrected chi connectivity index (χ4v) is 2.04. The molecule has 1 saturated carbocycles. The molecule has 0 heterocycles. The SMILES string of the molecule is CC(C(=O)C(C#N)c1ccccc1)C1CC1. The van der Waals surface area contributed by atoms with Gasteiger partial charge < -0.3 is 0 Å². The van der Waals surface area contributed by atoms with E-state index in [1.165, 1.54) is 0 Å². The first-order valence-electron chi connectivity index (χ1n) is 5.72. The van der Waals surface area contributed by atoms with E-state index in [0.717, 1.165) is 18.4 Å². The second-order valence-corrected chi connectivity index (χ2v) is 4.50. The van der Waals surface area contributed by atoms with Crippen LogP contribution >= 0.6 is 0 Å². The highest BCUT2D eigenvalue weighted by atomic mass is 16.1. The van der Waals surface area contributed by atoms with Crippen LogP contribution in [-0.4, -0.2) is 5.78 Å². The molecule has 0 aromatic heterocycles. The lowest BCUT2D eigenvalue weighted by atomic mass is 9.87. The fraction of sp³-hybridized carbons (Fsp3) is 0.429. The van der Waals surface area contributed by atoms with Crippen LogP contribution in [0.3, 0.4) is 0 Å². The molecule has 0 saturated heterocycles. The van der Waals surface area contributed by atoms with E-state index in [0.29, 0.717) is 5.92 Å².